The molecule has 2 nitrogen and oxygen atoms in total. The van der Waals surface area contributed by atoms with Crippen LogP contribution in [0.1, 0.15) is 68.5 Å². The molecule has 20 heavy (non-hydrogen) atoms. The van der Waals surface area contributed by atoms with E-state index in [9.17, 15) is 0 Å². The highest BCUT2D eigenvalue weighted by Gasteiger charge is 2.29. The summed E-state index contributed by atoms with van der Waals surface area (Å²) in [6.07, 6.45) is 8.05. The Kier molecular flexibility index (Phi) is 4.42. The molecule has 110 valence electrons. The quantitative estimate of drug-likeness (QED) is 0.882. The first-order valence-electron chi connectivity index (χ1n) is 8.39. The van der Waals surface area contributed by atoms with Crippen molar-refractivity contribution in [1.29, 1.82) is 0 Å². The van der Waals surface area contributed by atoms with Gasteiger partial charge in [-0.05, 0) is 55.7 Å². The Morgan fingerprint density at radius 3 is 2.80 bits per heavy atom. The number of hydrogen-bond donors (Lipinski definition) is 1. The molecule has 2 aliphatic rings. The Morgan fingerprint density at radius 2 is 2.10 bits per heavy atom. The van der Waals surface area contributed by atoms with Crippen LogP contribution in [0.2, 0.25) is 0 Å². The minimum absolute atomic E-state index is 0.416. The SMILES string of the molecule is CCC1CCCCN1C(CN)c1cccc(C2CC2)c1. The fraction of sp³-hybridized carbons (Fsp3) is 0.667. The standard InChI is InChI=1S/C18H28N2/c1-2-17-8-3-4-11-20(17)18(13-19)16-7-5-6-15(12-16)14-9-10-14/h5-7,12,14,17-18H,2-4,8-11,13,19H2,1H3. The summed E-state index contributed by atoms with van der Waals surface area (Å²) in [4.78, 5) is 2.68. The second kappa shape index (κ2) is 6.28. The minimum atomic E-state index is 0.416. The van der Waals surface area contributed by atoms with Crippen molar-refractivity contribution in [1.82, 2.24) is 4.90 Å². The van der Waals surface area contributed by atoms with E-state index in [1.54, 1.807) is 0 Å². The molecule has 2 heteroatoms. The van der Waals surface area contributed by atoms with Crippen molar-refractivity contribution in [3.63, 3.8) is 0 Å². The zero-order chi connectivity index (χ0) is 13.9. The van der Waals surface area contributed by atoms with Gasteiger partial charge in [0.1, 0.15) is 0 Å². The molecule has 0 aromatic heterocycles. The number of hydrogen-bond acceptors (Lipinski definition) is 2. The Hall–Kier alpha value is -0.860. The lowest BCUT2D eigenvalue weighted by Gasteiger charge is -2.41. The summed E-state index contributed by atoms with van der Waals surface area (Å²) in [5.41, 5.74) is 9.13. The summed E-state index contributed by atoms with van der Waals surface area (Å²) in [6, 6.07) is 10.4. The van der Waals surface area contributed by atoms with Gasteiger partial charge in [-0.2, -0.15) is 0 Å². The first-order chi connectivity index (χ1) is 9.83. The lowest BCUT2D eigenvalue weighted by atomic mass is 9.93. The Balaban J connectivity index is 1.82. The summed E-state index contributed by atoms with van der Waals surface area (Å²) >= 11 is 0. The average molecular weight is 272 g/mol. The van der Waals surface area contributed by atoms with E-state index in [2.05, 4.69) is 36.1 Å². The molecule has 0 spiro atoms. The molecule has 2 atom stereocenters. The summed E-state index contributed by atoms with van der Waals surface area (Å²) in [7, 11) is 0. The van der Waals surface area contributed by atoms with Crippen LogP contribution in [0.15, 0.2) is 24.3 Å². The van der Waals surface area contributed by atoms with E-state index in [-0.39, 0.29) is 0 Å². The van der Waals surface area contributed by atoms with E-state index in [0.29, 0.717) is 6.04 Å². The second-order valence-electron chi connectivity index (χ2n) is 6.49. The van der Waals surface area contributed by atoms with Gasteiger partial charge in [0.15, 0.2) is 0 Å². The smallest absolute Gasteiger partial charge is 0.0473 e. The maximum atomic E-state index is 6.15. The molecule has 1 saturated carbocycles. The Morgan fingerprint density at radius 1 is 1.25 bits per heavy atom. The van der Waals surface area contributed by atoms with E-state index in [1.165, 1.54) is 56.2 Å². The van der Waals surface area contributed by atoms with Crippen LogP contribution in [-0.2, 0) is 0 Å². The van der Waals surface area contributed by atoms with Crippen molar-refractivity contribution in [2.75, 3.05) is 13.1 Å². The van der Waals surface area contributed by atoms with E-state index >= 15 is 0 Å². The topological polar surface area (TPSA) is 29.3 Å². The zero-order valence-corrected chi connectivity index (χ0v) is 12.7. The highest BCUT2D eigenvalue weighted by Crippen LogP contribution is 2.41. The van der Waals surface area contributed by atoms with Crippen molar-refractivity contribution >= 4 is 0 Å². The number of likely N-dealkylation sites (tertiary alicyclic amines) is 1. The molecule has 1 heterocycles. The van der Waals surface area contributed by atoms with E-state index < -0.39 is 0 Å². The van der Waals surface area contributed by atoms with Gasteiger partial charge in [0.05, 0.1) is 0 Å². The van der Waals surface area contributed by atoms with E-state index in [1.807, 2.05) is 0 Å². The molecule has 0 bridgehead atoms. The Bertz CT molecular complexity index is 439. The molecule has 2 unspecified atom stereocenters. The zero-order valence-electron chi connectivity index (χ0n) is 12.7. The van der Waals surface area contributed by atoms with Crippen LogP contribution >= 0.6 is 0 Å². The lowest BCUT2D eigenvalue weighted by molar-refractivity contribution is 0.0949. The lowest BCUT2D eigenvalue weighted by Crippen LogP contribution is -2.44. The fourth-order valence-electron chi connectivity index (χ4n) is 3.77. The van der Waals surface area contributed by atoms with Gasteiger partial charge in [-0.1, -0.05) is 37.6 Å². The maximum absolute atomic E-state index is 6.15. The maximum Gasteiger partial charge on any atom is 0.0473 e. The molecule has 2 N–H and O–H groups in total. The second-order valence-corrected chi connectivity index (χ2v) is 6.49. The normalized spacial score (nSPS) is 25.6. The van der Waals surface area contributed by atoms with Crippen molar-refractivity contribution in [3.05, 3.63) is 35.4 Å². The third-order valence-electron chi connectivity index (χ3n) is 5.11. The molecule has 1 aliphatic heterocycles. The number of nitrogens with two attached hydrogens (primary N) is 1. The monoisotopic (exact) mass is 272 g/mol. The number of nitrogens with zero attached hydrogens (tertiary/aromatic N) is 1. The van der Waals surface area contributed by atoms with Crippen LogP contribution in [0, 0.1) is 0 Å². The molecule has 0 amide bonds. The van der Waals surface area contributed by atoms with Gasteiger partial charge in [-0.15, -0.1) is 0 Å². The van der Waals surface area contributed by atoms with Crippen molar-refractivity contribution in [3.8, 4) is 0 Å². The first-order valence-corrected chi connectivity index (χ1v) is 8.39. The predicted molar refractivity (Wildman–Crippen MR) is 84.8 cm³/mol. The minimum Gasteiger partial charge on any atom is -0.329 e. The van der Waals surface area contributed by atoms with Gasteiger partial charge in [-0.3, -0.25) is 4.90 Å². The highest BCUT2D eigenvalue weighted by atomic mass is 15.2. The van der Waals surface area contributed by atoms with Crippen LogP contribution in [-0.4, -0.2) is 24.0 Å². The van der Waals surface area contributed by atoms with Crippen LogP contribution in [0.25, 0.3) is 0 Å². The molecule has 0 radical (unpaired) electrons. The average Bonchev–Trinajstić information content (AvgIpc) is 3.34. The van der Waals surface area contributed by atoms with Crippen molar-refractivity contribution in [2.24, 2.45) is 5.73 Å². The molecular weight excluding hydrogens is 244 g/mol. The van der Waals surface area contributed by atoms with E-state index in [0.717, 1.165) is 18.5 Å². The molecular formula is C18H28N2. The largest absolute Gasteiger partial charge is 0.329 e. The van der Waals surface area contributed by atoms with Gasteiger partial charge >= 0.3 is 0 Å². The van der Waals surface area contributed by atoms with Gasteiger partial charge in [0.2, 0.25) is 0 Å². The Labute approximate surface area is 123 Å². The molecule has 3 rings (SSSR count). The summed E-state index contributed by atoms with van der Waals surface area (Å²) < 4.78 is 0. The number of piperidine rings is 1. The molecule has 2 fully saturated rings. The summed E-state index contributed by atoms with van der Waals surface area (Å²) in [6.45, 7) is 4.27. The fourth-order valence-corrected chi connectivity index (χ4v) is 3.77. The van der Waals surface area contributed by atoms with Gasteiger partial charge in [-0.25, -0.2) is 0 Å². The van der Waals surface area contributed by atoms with E-state index in [4.69, 9.17) is 5.73 Å². The summed E-state index contributed by atoms with van der Waals surface area (Å²) in [5.74, 6) is 0.830. The predicted octanol–water partition coefficient (Wildman–Crippen LogP) is 3.83. The molecule has 1 aromatic carbocycles. The molecule has 1 aromatic rings. The van der Waals surface area contributed by atoms with Crippen LogP contribution < -0.4 is 5.73 Å². The number of benzene rings is 1. The van der Waals surface area contributed by atoms with Crippen LogP contribution in [0.3, 0.4) is 0 Å². The number of rotatable bonds is 5. The highest BCUT2D eigenvalue weighted by molar-refractivity contribution is 5.31. The summed E-state index contributed by atoms with van der Waals surface area (Å²) in [5, 5.41) is 0. The third kappa shape index (κ3) is 2.91. The third-order valence-corrected chi connectivity index (χ3v) is 5.11. The van der Waals surface area contributed by atoms with Gasteiger partial charge in [0.25, 0.3) is 0 Å². The first kappa shape index (κ1) is 14.1. The van der Waals surface area contributed by atoms with Crippen molar-refractivity contribution < 1.29 is 0 Å². The van der Waals surface area contributed by atoms with Crippen LogP contribution in [0.4, 0.5) is 0 Å². The van der Waals surface area contributed by atoms with Gasteiger partial charge < -0.3 is 5.73 Å². The van der Waals surface area contributed by atoms with Crippen molar-refractivity contribution in [2.45, 2.75) is 63.5 Å². The van der Waals surface area contributed by atoms with Crippen LogP contribution in [0.5, 0.6) is 0 Å². The molecule has 1 saturated heterocycles. The molecule has 1 aliphatic carbocycles. The van der Waals surface area contributed by atoms with Gasteiger partial charge in [0, 0.05) is 18.6 Å².